The number of carbonyl (C=O) groups is 1. The highest BCUT2D eigenvalue weighted by molar-refractivity contribution is 5.82. The fraction of sp³-hybridized carbons (Fsp3) is 0.667. The minimum absolute atomic E-state index is 0.420. The van der Waals surface area contributed by atoms with Gasteiger partial charge in [0.1, 0.15) is 5.78 Å². The maximum absolute atomic E-state index is 11.1. The van der Waals surface area contributed by atoms with Crippen LogP contribution in [0.3, 0.4) is 0 Å². The first-order valence-corrected chi connectivity index (χ1v) is 5.45. The van der Waals surface area contributed by atoms with E-state index in [1.54, 1.807) is 0 Å². The first-order valence-electron chi connectivity index (χ1n) is 5.45. The standard InChI is InChI=1S/C12H19NO/c1-3-10(9-13-4-2)11-5-7-12(14)8-6-11/h3,9,11H,4-8H2,1-2H3/b10-3+,13-9?. The van der Waals surface area contributed by atoms with Crippen molar-refractivity contribution in [1.82, 2.24) is 0 Å². The first-order chi connectivity index (χ1) is 6.77. The van der Waals surface area contributed by atoms with Crippen molar-refractivity contribution >= 4 is 12.0 Å². The van der Waals surface area contributed by atoms with Crippen LogP contribution < -0.4 is 0 Å². The Morgan fingerprint density at radius 2 is 2.14 bits per heavy atom. The van der Waals surface area contributed by atoms with E-state index in [2.05, 4.69) is 11.1 Å². The number of ketones is 1. The molecule has 0 spiro atoms. The summed E-state index contributed by atoms with van der Waals surface area (Å²) in [5.41, 5.74) is 1.30. The van der Waals surface area contributed by atoms with E-state index in [4.69, 9.17) is 0 Å². The molecule has 0 atom stereocenters. The number of allylic oxidation sites excluding steroid dienone is 2. The number of Topliss-reactive ketones (excluding diaryl/α,β-unsaturated/α-hetero) is 1. The van der Waals surface area contributed by atoms with Crippen molar-refractivity contribution in [3.8, 4) is 0 Å². The second kappa shape index (κ2) is 5.74. The lowest BCUT2D eigenvalue weighted by Gasteiger charge is -2.21. The second-order valence-electron chi connectivity index (χ2n) is 3.73. The molecule has 0 N–H and O–H groups in total. The molecular weight excluding hydrogens is 174 g/mol. The van der Waals surface area contributed by atoms with E-state index in [9.17, 15) is 4.79 Å². The molecule has 0 aromatic rings. The SMILES string of the molecule is C/C=C(\C=NCC)C1CCC(=O)CC1. The van der Waals surface area contributed by atoms with Gasteiger partial charge in [0.25, 0.3) is 0 Å². The number of carbonyl (C=O) groups excluding carboxylic acids is 1. The Morgan fingerprint density at radius 1 is 1.50 bits per heavy atom. The van der Waals surface area contributed by atoms with Crippen LogP contribution in [0, 0.1) is 5.92 Å². The Kier molecular flexibility index (Phi) is 4.57. The zero-order chi connectivity index (χ0) is 10.4. The van der Waals surface area contributed by atoms with Crippen molar-refractivity contribution in [3.63, 3.8) is 0 Å². The summed E-state index contributed by atoms with van der Waals surface area (Å²) < 4.78 is 0. The van der Waals surface area contributed by atoms with Gasteiger partial charge < -0.3 is 0 Å². The lowest BCUT2D eigenvalue weighted by Crippen LogP contribution is -2.16. The molecule has 1 aliphatic carbocycles. The summed E-state index contributed by atoms with van der Waals surface area (Å²) in [6.07, 6.45) is 7.62. The molecule has 0 heterocycles. The molecule has 0 bridgehead atoms. The number of rotatable bonds is 3. The van der Waals surface area contributed by atoms with Gasteiger partial charge in [0.05, 0.1) is 0 Å². The third kappa shape index (κ3) is 3.09. The average molecular weight is 193 g/mol. The van der Waals surface area contributed by atoms with Crippen LogP contribution in [0.1, 0.15) is 39.5 Å². The molecule has 0 saturated heterocycles. The first kappa shape index (κ1) is 11.2. The van der Waals surface area contributed by atoms with Crippen LogP contribution in [0.2, 0.25) is 0 Å². The van der Waals surface area contributed by atoms with E-state index in [0.717, 1.165) is 32.2 Å². The maximum atomic E-state index is 11.1. The van der Waals surface area contributed by atoms with Crippen LogP contribution in [-0.2, 0) is 4.79 Å². The summed E-state index contributed by atoms with van der Waals surface area (Å²) in [7, 11) is 0. The largest absolute Gasteiger partial charge is 0.300 e. The molecule has 0 aromatic carbocycles. The van der Waals surface area contributed by atoms with E-state index in [0.29, 0.717) is 11.7 Å². The van der Waals surface area contributed by atoms with Crippen LogP contribution in [0.15, 0.2) is 16.6 Å². The molecule has 1 rings (SSSR count). The van der Waals surface area contributed by atoms with E-state index in [-0.39, 0.29) is 0 Å². The predicted octanol–water partition coefficient (Wildman–Crippen LogP) is 2.78. The molecule has 0 aromatic heterocycles. The van der Waals surface area contributed by atoms with Crippen LogP contribution in [0.25, 0.3) is 0 Å². The molecule has 1 fully saturated rings. The van der Waals surface area contributed by atoms with Crippen LogP contribution >= 0.6 is 0 Å². The summed E-state index contributed by atoms with van der Waals surface area (Å²) in [5, 5.41) is 0. The highest BCUT2D eigenvalue weighted by Gasteiger charge is 2.20. The Balaban J connectivity index is 2.54. The Bertz CT molecular complexity index is 243. The lowest BCUT2D eigenvalue weighted by atomic mass is 9.83. The third-order valence-corrected chi connectivity index (χ3v) is 2.77. The molecule has 2 heteroatoms. The fourth-order valence-electron chi connectivity index (χ4n) is 1.89. The van der Waals surface area contributed by atoms with Gasteiger partial charge in [-0.25, -0.2) is 0 Å². The van der Waals surface area contributed by atoms with E-state index >= 15 is 0 Å². The Hall–Kier alpha value is -0.920. The van der Waals surface area contributed by atoms with Gasteiger partial charge in [0.15, 0.2) is 0 Å². The van der Waals surface area contributed by atoms with Crippen molar-refractivity contribution in [2.75, 3.05) is 6.54 Å². The third-order valence-electron chi connectivity index (χ3n) is 2.77. The summed E-state index contributed by atoms with van der Waals surface area (Å²) >= 11 is 0. The number of aliphatic imine (C=N–C) groups is 1. The molecule has 2 nitrogen and oxygen atoms in total. The summed E-state index contributed by atoms with van der Waals surface area (Å²) in [6.45, 7) is 4.92. The lowest BCUT2D eigenvalue weighted by molar-refractivity contribution is -0.120. The van der Waals surface area contributed by atoms with Crippen molar-refractivity contribution < 1.29 is 4.79 Å². The van der Waals surface area contributed by atoms with Crippen LogP contribution in [-0.4, -0.2) is 18.5 Å². The molecule has 0 unspecified atom stereocenters. The molecular formula is C12H19NO. The van der Waals surface area contributed by atoms with Gasteiger partial charge in [-0.1, -0.05) is 6.08 Å². The molecule has 0 aliphatic heterocycles. The fourth-order valence-corrected chi connectivity index (χ4v) is 1.89. The Labute approximate surface area is 86.1 Å². The second-order valence-corrected chi connectivity index (χ2v) is 3.73. The zero-order valence-corrected chi connectivity index (χ0v) is 9.12. The summed E-state index contributed by atoms with van der Waals surface area (Å²) in [6, 6.07) is 0. The van der Waals surface area contributed by atoms with E-state index in [1.807, 2.05) is 20.1 Å². The quantitative estimate of drug-likeness (QED) is 0.634. The van der Waals surface area contributed by atoms with E-state index in [1.165, 1.54) is 5.57 Å². The Morgan fingerprint density at radius 3 is 2.64 bits per heavy atom. The predicted molar refractivity (Wildman–Crippen MR) is 59.8 cm³/mol. The van der Waals surface area contributed by atoms with Crippen LogP contribution in [0.5, 0.6) is 0 Å². The monoisotopic (exact) mass is 193 g/mol. The van der Waals surface area contributed by atoms with Crippen LogP contribution in [0.4, 0.5) is 0 Å². The van der Waals surface area contributed by atoms with Crippen molar-refractivity contribution in [1.29, 1.82) is 0 Å². The molecule has 0 radical (unpaired) electrons. The minimum Gasteiger partial charge on any atom is -0.300 e. The summed E-state index contributed by atoms with van der Waals surface area (Å²) in [5.74, 6) is 0.983. The number of hydrogen-bond donors (Lipinski definition) is 0. The maximum Gasteiger partial charge on any atom is 0.132 e. The van der Waals surface area contributed by atoms with Crippen molar-refractivity contribution in [3.05, 3.63) is 11.6 Å². The number of hydrogen-bond acceptors (Lipinski definition) is 2. The molecule has 1 aliphatic rings. The normalized spacial score (nSPS) is 20.7. The molecule has 78 valence electrons. The van der Waals surface area contributed by atoms with Crippen molar-refractivity contribution in [2.45, 2.75) is 39.5 Å². The number of nitrogens with zero attached hydrogens (tertiary/aromatic N) is 1. The van der Waals surface area contributed by atoms with Gasteiger partial charge in [0.2, 0.25) is 0 Å². The minimum atomic E-state index is 0.420. The zero-order valence-electron chi connectivity index (χ0n) is 9.12. The highest BCUT2D eigenvalue weighted by Crippen LogP contribution is 2.27. The summed E-state index contributed by atoms with van der Waals surface area (Å²) in [4.78, 5) is 15.3. The van der Waals surface area contributed by atoms with E-state index < -0.39 is 0 Å². The van der Waals surface area contributed by atoms with Gasteiger partial charge in [-0.05, 0) is 38.2 Å². The highest BCUT2D eigenvalue weighted by atomic mass is 16.1. The van der Waals surface area contributed by atoms with Gasteiger partial charge in [-0.15, -0.1) is 0 Å². The molecule has 1 saturated carbocycles. The van der Waals surface area contributed by atoms with Gasteiger partial charge in [-0.2, -0.15) is 0 Å². The average Bonchev–Trinajstić information content (AvgIpc) is 2.21. The molecule has 0 amide bonds. The van der Waals surface area contributed by atoms with Gasteiger partial charge in [0, 0.05) is 25.6 Å². The molecule has 14 heavy (non-hydrogen) atoms. The van der Waals surface area contributed by atoms with Gasteiger partial charge in [-0.3, -0.25) is 9.79 Å². The van der Waals surface area contributed by atoms with Crippen molar-refractivity contribution in [2.24, 2.45) is 10.9 Å². The van der Waals surface area contributed by atoms with Gasteiger partial charge >= 0.3 is 0 Å². The topological polar surface area (TPSA) is 29.4 Å². The smallest absolute Gasteiger partial charge is 0.132 e.